The highest BCUT2D eigenvalue weighted by Crippen LogP contribution is 2.15. The summed E-state index contributed by atoms with van der Waals surface area (Å²) in [5.41, 5.74) is 11.8. The third-order valence-corrected chi connectivity index (χ3v) is 12.9. The molecule has 3 aromatic carbocycles. The highest BCUT2D eigenvalue weighted by Gasteiger charge is 2.37. The molecule has 83 heavy (non-hydrogen) atoms. The topological polar surface area (TPSA) is 487 Å². The second kappa shape index (κ2) is 34.4. The van der Waals surface area contributed by atoms with E-state index in [-0.39, 0.29) is 42.9 Å². The third kappa shape index (κ3) is 24.4. The van der Waals surface area contributed by atoms with E-state index in [1.807, 2.05) is 0 Å². The number of aromatic hydroxyl groups is 2. The van der Waals surface area contributed by atoms with Gasteiger partial charge in [-0.1, -0.05) is 54.6 Å². The molecule has 29 nitrogen and oxygen atoms in total. The zero-order valence-corrected chi connectivity index (χ0v) is 46.3. The number of nitrogens with one attached hydrogen (secondary N) is 9. The maximum absolute atomic E-state index is 14.3. The van der Waals surface area contributed by atoms with Crippen LogP contribution in [0.2, 0.25) is 0 Å². The molecule has 0 heterocycles. The molecule has 0 aromatic heterocycles. The summed E-state index contributed by atoms with van der Waals surface area (Å²) in [6, 6.07) is 5.76. The Morgan fingerprint density at radius 3 is 1.33 bits per heavy atom. The molecular weight excluding hydrogens is 1110 g/mol. The molecule has 10 atom stereocenters. The van der Waals surface area contributed by atoms with Crippen LogP contribution in [0.25, 0.3) is 0 Å². The van der Waals surface area contributed by atoms with Gasteiger partial charge in [0, 0.05) is 25.7 Å². The van der Waals surface area contributed by atoms with Gasteiger partial charge < -0.3 is 90.0 Å². The van der Waals surface area contributed by atoms with Crippen molar-refractivity contribution in [1.29, 1.82) is 0 Å². The van der Waals surface area contributed by atoms with Gasteiger partial charge in [-0.3, -0.25) is 52.7 Å². The Bertz CT molecular complexity index is 2740. The highest BCUT2D eigenvalue weighted by molar-refractivity contribution is 7.98. The predicted molar refractivity (Wildman–Crippen MR) is 296 cm³/mol. The Morgan fingerprint density at radius 2 is 0.892 bits per heavy atom. The van der Waals surface area contributed by atoms with Gasteiger partial charge in [0.2, 0.25) is 59.1 Å². The van der Waals surface area contributed by atoms with Crippen LogP contribution in [-0.2, 0) is 76.8 Å². The maximum Gasteiger partial charge on any atom is 0.326 e. The van der Waals surface area contributed by atoms with Crippen molar-refractivity contribution >= 4 is 82.8 Å². The van der Waals surface area contributed by atoms with Gasteiger partial charge in [-0.2, -0.15) is 11.8 Å². The molecule has 0 saturated carbocycles. The number of carboxylic acids is 2. The molecule has 0 aliphatic carbocycles. The van der Waals surface area contributed by atoms with Gasteiger partial charge in [0.05, 0.1) is 31.7 Å². The summed E-state index contributed by atoms with van der Waals surface area (Å²) < 4.78 is 0. The smallest absolute Gasteiger partial charge is 0.326 e. The Labute approximate surface area is 480 Å². The molecule has 452 valence electrons. The van der Waals surface area contributed by atoms with Crippen molar-refractivity contribution in [2.75, 3.05) is 25.1 Å². The number of hydrogen-bond donors (Lipinski definition) is 17. The number of hydrogen-bond acceptors (Lipinski definition) is 18. The lowest BCUT2D eigenvalue weighted by Gasteiger charge is -2.29. The molecular formula is C53H71N11O18S. The number of carbonyl (C=O) groups excluding carboxylic acids is 10. The lowest BCUT2D eigenvalue weighted by molar-refractivity contribution is -0.143. The van der Waals surface area contributed by atoms with Gasteiger partial charge >= 0.3 is 11.9 Å². The number of benzene rings is 3. The first kappa shape index (κ1) is 68.4. The Balaban J connectivity index is 1.89. The summed E-state index contributed by atoms with van der Waals surface area (Å²) in [4.78, 5) is 158. The summed E-state index contributed by atoms with van der Waals surface area (Å²) in [5.74, 6) is -13.4. The molecule has 0 bridgehead atoms. The number of phenolic OH excluding ortho intramolecular Hbond substituents is 2. The normalized spacial score (nSPS) is 14.5. The molecule has 0 aliphatic rings. The average Bonchev–Trinajstić information content (AvgIpc) is 3.49. The second-order valence-electron chi connectivity index (χ2n) is 19.0. The Morgan fingerprint density at radius 1 is 0.494 bits per heavy atom. The van der Waals surface area contributed by atoms with Crippen molar-refractivity contribution in [2.45, 2.75) is 119 Å². The molecule has 3 rings (SSSR count). The molecule has 3 aromatic rings. The van der Waals surface area contributed by atoms with Crippen LogP contribution in [0.3, 0.4) is 0 Å². The largest absolute Gasteiger partial charge is 0.508 e. The van der Waals surface area contributed by atoms with Gasteiger partial charge in [0.25, 0.3) is 0 Å². The summed E-state index contributed by atoms with van der Waals surface area (Å²) in [5, 5.41) is 81.6. The first-order chi connectivity index (χ1) is 39.2. The summed E-state index contributed by atoms with van der Waals surface area (Å²) in [6.45, 7) is 0.893. The van der Waals surface area contributed by atoms with Crippen molar-refractivity contribution in [3.63, 3.8) is 0 Å². The summed E-state index contributed by atoms with van der Waals surface area (Å²) in [6.07, 6.45) is -4.70. The molecule has 0 unspecified atom stereocenters. The monoisotopic (exact) mass is 1180 g/mol. The number of carbonyl (C=O) groups is 12. The van der Waals surface area contributed by atoms with Crippen LogP contribution in [0, 0.1) is 0 Å². The number of rotatable bonds is 35. The molecule has 0 fully saturated rings. The van der Waals surface area contributed by atoms with E-state index in [1.54, 1.807) is 36.6 Å². The van der Waals surface area contributed by atoms with Crippen LogP contribution in [0.4, 0.5) is 0 Å². The van der Waals surface area contributed by atoms with Crippen LogP contribution in [0.5, 0.6) is 11.5 Å². The average molecular weight is 1180 g/mol. The van der Waals surface area contributed by atoms with Crippen molar-refractivity contribution in [3.05, 3.63) is 95.6 Å². The minimum absolute atomic E-state index is 0.0276. The first-order valence-corrected chi connectivity index (χ1v) is 27.2. The number of aliphatic hydroxyl groups is 2. The van der Waals surface area contributed by atoms with Crippen molar-refractivity contribution < 1.29 is 88.2 Å². The van der Waals surface area contributed by atoms with Gasteiger partial charge in [0.15, 0.2) is 0 Å². The van der Waals surface area contributed by atoms with Crippen molar-refractivity contribution in [2.24, 2.45) is 11.5 Å². The molecule has 19 N–H and O–H groups in total. The third-order valence-electron chi connectivity index (χ3n) is 12.2. The van der Waals surface area contributed by atoms with E-state index >= 15 is 0 Å². The molecule has 0 spiro atoms. The zero-order chi connectivity index (χ0) is 61.9. The lowest BCUT2D eigenvalue weighted by atomic mass is 10.0. The first-order valence-electron chi connectivity index (χ1n) is 25.8. The molecule has 0 saturated heterocycles. The highest BCUT2D eigenvalue weighted by atomic mass is 32.2. The molecule has 0 radical (unpaired) electrons. The predicted octanol–water partition coefficient (Wildman–Crippen LogP) is -4.58. The van der Waals surface area contributed by atoms with E-state index in [9.17, 15) is 88.2 Å². The maximum atomic E-state index is 14.3. The van der Waals surface area contributed by atoms with Crippen LogP contribution in [0.1, 0.15) is 56.2 Å². The number of aliphatic hydroxyl groups excluding tert-OH is 2. The van der Waals surface area contributed by atoms with Crippen molar-refractivity contribution in [3.8, 4) is 11.5 Å². The summed E-state index contributed by atoms with van der Waals surface area (Å²) in [7, 11) is 0. The van der Waals surface area contributed by atoms with Crippen molar-refractivity contribution in [1.82, 2.24) is 47.9 Å². The number of nitrogens with two attached hydrogens (primary N) is 2. The van der Waals surface area contributed by atoms with E-state index in [0.29, 0.717) is 16.7 Å². The number of phenols is 2. The van der Waals surface area contributed by atoms with E-state index in [1.165, 1.54) is 60.3 Å². The Hall–Kier alpha value is -8.87. The van der Waals surface area contributed by atoms with Gasteiger partial charge in [-0.15, -0.1) is 0 Å². The summed E-state index contributed by atoms with van der Waals surface area (Å²) >= 11 is 1.28. The number of aliphatic carboxylic acids is 2. The van der Waals surface area contributed by atoms with E-state index < -0.39 is 164 Å². The minimum atomic E-state index is -1.95. The van der Waals surface area contributed by atoms with Crippen LogP contribution in [0.15, 0.2) is 78.9 Å². The van der Waals surface area contributed by atoms with E-state index in [2.05, 4.69) is 47.9 Å². The zero-order valence-electron chi connectivity index (χ0n) is 45.5. The lowest BCUT2D eigenvalue weighted by Crippen LogP contribution is -2.63. The van der Waals surface area contributed by atoms with Crippen LogP contribution >= 0.6 is 11.8 Å². The fraction of sp³-hybridized carbons (Fsp3) is 0.434. The van der Waals surface area contributed by atoms with Gasteiger partial charge in [-0.25, -0.2) is 4.79 Å². The fourth-order valence-electron chi connectivity index (χ4n) is 7.83. The SMILES string of the molecule is CSCC[C@H](NC(=O)CNC(=O)[C@H](Cc1ccc(O)cc1)NC(=O)[C@H](CCC(=O)O)NC(=O)[C@@H](NC(=O)[C@H](Cc1ccccc1)NC(=O)[C@@H](NC(=O)[C@H](Cc1ccc(O)cc1)NC(=O)CN)[C@@H](C)O)[C@@H](C)O)C(=O)N[C@@H](CC(N)=O)C(=O)O. The van der Waals surface area contributed by atoms with E-state index in [4.69, 9.17) is 11.5 Å². The van der Waals surface area contributed by atoms with Crippen LogP contribution < -0.4 is 59.3 Å². The second-order valence-corrected chi connectivity index (χ2v) is 20.0. The number of carboxylic acid groups (broad SMARTS) is 2. The quantitative estimate of drug-likeness (QED) is 0.0264. The minimum Gasteiger partial charge on any atom is -0.508 e. The Kier molecular flexibility index (Phi) is 28.4. The number of primary amides is 1. The van der Waals surface area contributed by atoms with E-state index in [0.717, 1.165) is 13.8 Å². The fourth-order valence-corrected chi connectivity index (χ4v) is 8.30. The molecule has 10 amide bonds. The van der Waals surface area contributed by atoms with Gasteiger partial charge in [0.1, 0.15) is 59.8 Å². The standard InChI is InChI=1S/C53H71N11O18S/c1-27(65)44(64-50(78)38(21-29-7-5-4-6-8-29)61-52(80)45(28(2)66)63-49(77)37(58-41(70)25-54)23-31-11-15-33(68)16-12-31)51(79)59-34(17-18-43(72)73)47(75)60-36(22-30-9-13-32(67)14-10-30)46(74)56-26-42(71)57-35(19-20-83-3)48(76)62-39(53(81)82)24-40(55)69/h4-16,27-28,34-39,44-45,65-68H,17-26,54H2,1-3H3,(H2,55,69)(H,56,74)(H,57,71)(H,58,70)(H,59,79)(H,60,75)(H,61,80)(H,62,76)(H,63,77)(H,64,78)(H,72,73)(H,81,82)/t27-,28-,34+,35+,36+,37+,38+,39+,44+,45+/m1/s1. The molecule has 30 heteroatoms. The van der Waals surface area contributed by atoms with Crippen LogP contribution in [-0.4, -0.2) is 187 Å². The number of thioether (sulfide) groups is 1. The molecule has 0 aliphatic heterocycles. The number of amides is 10. The van der Waals surface area contributed by atoms with Gasteiger partial charge in [-0.05, 0) is 79.7 Å².